The molecule has 0 unspecified atom stereocenters. The minimum atomic E-state index is -1.70. The maximum Gasteiger partial charge on any atom is 0.255 e. The number of benzene rings is 1. The number of anilines is 1. The van der Waals surface area contributed by atoms with Gasteiger partial charge in [0.15, 0.2) is 0 Å². The minimum absolute atomic E-state index is 0.00319. The van der Waals surface area contributed by atoms with Crippen molar-refractivity contribution in [3.63, 3.8) is 0 Å². The van der Waals surface area contributed by atoms with E-state index in [1.807, 2.05) is 0 Å². The lowest BCUT2D eigenvalue weighted by Crippen LogP contribution is -2.17. The molecule has 7 heteroatoms. The fraction of sp³-hybridized carbons (Fsp3) is 0.190. The topological polar surface area (TPSA) is 54.9 Å². The Morgan fingerprint density at radius 2 is 1.93 bits per heavy atom. The van der Waals surface area contributed by atoms with E-state index in [-0.39, 0.29) is 16.9 Å². The summed E-state index contributed by atoms with van der Waals surface area (Å²) in [6, 6.07) is 7.35. The van der Waals surface area contributed by atoms with E-state index in [9.17, 15) is 13.6 Å². The van der Waals surface area contributed by atoms with Crippen molar-refractivity contribution in [2.45, 2.75) is 26.4 Å². The van der Waals surface area contributed by atoms with E-state index in [0.29, 0.717) is 21.7 Å². The summed E-state index contributed by atoms with van der Waals surface area (Å²) in [5, 5.41) is 2.99. The maximum atomic E-state index is 14.4. The van der Waals surface area contributed by atoms with E-state index < -0.39 is 17.4 Å². The van der Waals surface area contributed by atoms with Crippen LogP contribution in [0.4, 0.5) is 14.5 Å². The third-order valence-electron chi connectivity index (χ3n) is 4.21. The molecule has 2 aromatic heterocycles. The molecule has 3 rings (SSSR count). The number of nitrogens with zero attached hydrogens (tertiary/aromatic N) is 2. The Hall–Kier alpha value is -2.86. The van der Waals surface area contributed by atoms with Crippen molar-refractivity contribution in [3.8, 4) is 11.1 Å². The molecule has 0 radical (unpaired) electrons. The second-order valence-corrected chi connectivity index (χ2v) is 7.33. The largest absolute Gasteiger partial charge is 0.319 e. The van der Waals surface area contributed by atoms with Crippen LogP contribution in [0.1, 0.15) is 35.5 Å². The van der Waals surface area contributed by atoms with Crippen LogP contribution in [0.3, 0.4) is 0 Å². The van der Waals surface area contributed by atoms with Crippen LogP contribution in [-0.2, 0) is 5.67 Å². The van der Waals surface area contributed by atoms with Crippen LogP contribution in [0.5, 0.6) is 0 Å². The number of aromatic nitrogens is 2. The summed E-state index contributed by atoms with van der Waals surface area (Å²) >= 11 is 5.99. The molecule has 1 amide bonds. The average molecular weight is 402 g/mol. The molecule has 1 N–H and O–H groups in total. The lowest BCUT2D eigenvalue weighted by molar-refractivity contribution is 0.102. The Balaban J connectivity index is 1.94. The molecule has 0 aliphatic heterocycles. The van der Waals surface area contributed by atoms with Crippen molar-refractivity contribution < 1.29 is 13.6 Å². The number of hydrogen-bond donors (Lipinski definition) is 1. The molecule has 1 aromatic carbocycles. The monoisotopic (exact) mass is 401 g/mol. The van der Waals surface area contributed by atoms with Crippen LogP contribution in [-0.4, -0.2) is 15.9 Å². The SMILES string of the molecule is Cc1cc(F)c(NC(=O)c2ccnc(C(C)(C)F)c2)cc1-c1cncc(Cl)c1. The van der Waals surface area contributed by atoms with Gasteiger partial charge in [-0.15, -0.1) is 0 Å². The lowest BCUT2D eigenvalue weighted by atomic mass is 10.0. The molecule has 0 atom stereocenters. The van der Waals surface area contributed by atoms with Crippen LogP contribution in [0.25, 0.3) is 11.1 Å². The molecule has 0 fully saturated rings. The second kappa shape index (κ2) is 7.64. The highest BCUT2D eigenvalue weighted by molar-refractivity contribution is 6.30. The summed E-state index contributed by atoms with van der Waals surface area (Å²) in [6.45, 7) is 4.45. The van der Waals surface area contributed by atoms with Gasteiger partial charge in [0.05, 0.1) is 16.4 Å². The van der Waals surface area contributed by atoms with Gasteiger partial charge in [-0.1, -0.05) is 11.6 Å². The van der Waals surface area contributed by atoms with Crippen molar-refractivity contribution in [1.29, 1.82) is 0 Å². The highest BCUT2D eigenvalue weighted by atomic mass is 35.5. The molecule has 4 nitrogen and oxygen atoms in total. The minimum Gasteiger partial charge on any atom is -0.319 e. The molecule has 144 valence electrons. The van der Waals surface area contributed by atoms with Crippen LogP contribution in [0.2, 0.25) is 5.02 Å². The van der Waals surface area contributed by atoms with Gasteiger partial charge in [-0.05, 0) is 62.2 Å². The van der Waals surface area contributed by atoms with Gasteiger partial charge in [0, 0.05) is 29.7 Å². The molecule has 2 heterocycles. The number of aryl methyl sites for hydroxylation is 1. The number of carbonyl (C=O) groups is 1. The Morgan fingerprint density at radius 1 is 1.18 bits per heavy atom. The molecular weight excluding hydrogens is 384 g/mol. The predicted molar refractivity (Wildman–Crippen MR) is 106 cm³/mol. The Morgan fingerprint density at radius 3 is 2.61 bits per heavy atom. The Labute approximate surface area is 166 Å². The number of amides is 1. The van der Waals surface area contributed by atoms with E-state index in [1.165, 1.54) is 50.5 Å². The maximum absolute atomic E-state index is 14.4. The Bertz CT molecular complexity index is 1050. The number of rotatable bonds is 4. The predicted octanol–water partition coefficient (Wildman–Crippen LogP) is 5.70. The van der Waals surface area contributed by atoms with Gasteiger partial charge in [-0.25, -0.2) is 8.78 Å². The molecule has 0 aliphatic rings. The van der Waals surface area contributed by atoms with E-state index in [4.69, 9.17) is 11.6 Å². The Kier molecular flexibility index (Phi) is 5.42. The zero-order valence-electron chi connectivity index (χ0n) is 15.6. The number of hydrogen-bond acceptors (Lipinski definition) is 3. The number of carbonyl (C=O) groups excluding carboxylic acids is 1. The number of pyridine rings is 2. The number of nitrogens with one attached hydrogen (secondary N) is 1. The first kappa shape index (κ1) is 19.9. The highest BCUT2D eigenvalue weighted by Gasteiger charge is 2.22. The van der Waals surface area contributed by atoms with Crippen LogP contribution in [0.15, 0.2) is 48.9 Å². The van der Waals surface area contributed by atoms with Gasteiger partial charge < -0.3 is 5.32 Å². The summed E-state index contributed by atoms with van der Waals surface area (Å²) in [5.74, 6) is -1.14. The quantitative estimate of drug-likeness (QED) is 0.610. The van der Waals surface area contributed by atoms with Crippen molar-refractivity contribution >= 4 is 23.2 Å². The van der Waals surface area contributed by atoms with Crippen LogP contribution < -0.4 is 5.32 Å². The van der Waals surface area contributed by atoms with Crippen LogP contribution >= 0.6 is 11.6 Å². The van der Waals surface area contributed by atoms with Crippen molar-refractivity contribution in [1.82, 2.24) is 9.97 Å². The molecule has 28 heavy (non-hydrogen) atoms. The van der Waals surface area contributed by atoms with Gasteiger partial charge in [-0.2, -0.15) is 0 Å². The summed E-state index contributed by atoms with van der Waals surface area (Å²) in [7, 11) is 0. The molecule has 0 spiro atoms. The van der Waals surface area contributed by atoms with Gasteiger partial charge in [0.25, 0.3) is 5.91 Å². The summed E-state index contributed by atoms with van der Waals surface area (Å²) in [6.07, 6.45) is 4.45. The molecule has 0 aliphatic carbocycles. The fourth-order valence-corrected chi connectivity index (χ4v) is 2.90. The van der Waals surface area contributed by atoms with Crippen molar-refractivity contribution in [2.75, 3.05) is 5.32 Å². The van der Waals surface area contributed by atoms with Gasteiger partial charge in [0.2, 0.25) is 0 Å². The molecule has 0 saturated heterocycles. The number of alkyl halides is 1. The summed E-state index contributed by atoms with van der Waals surface area (Å²) in [5.41, 5.74) is 0.668. The van der Waals surface area contributed by atoms with E-state index >= 15 is 0 Å². The first-order chi connectivity index (χ1) is 13.1. The summed E-state index contributed by atoms with van der Waals surface area (Å²) < 4.78 is 28.5. The molecular formula is C21H18ClF2N3O. The van der Waals surface area contributed by atoms with Crippen molar-refractivity contribution in [2.24, 2.45) is 0 Å². The molecule has 0 saturated carbocycles. The van der Waals surface area contributed by atoms with E-state index in [2.05, 4.69) is 15.3 Å². The third-order valence-corrected chi connectivity index (χ3v) is 4.42. The second-order valence-electron chi connectivity index (χ2n) is 6.90. The standard InChI is InChI=1S/C21H18ClF2N3O/c1-12-6-17(23)18(9-16(12)14-7-15(22)11-25-10-14)27-20(28)13-4-5-26-19(8-13)21(2,3)24/h4-11H,1-3H3,(H,27,28). The first-order valence-corrected chi connectivity index (χ1v) is 8.91. The normalized spacial score (nSPS) is 11.4. The van der Waals surface area contributed by atoms with E-state index in [0.717, 1.165) is 0 Å². The molecule has 3 aromatic rings. The molecule has 0 bridgehead atoms. The zero-order chi connectivity index (χ0) is 20.5. The fourth-order valence-electron chi connectivity index (χ4n) is 2.73. The first-order valence-electron chi connectivity index (χ1n) is 8.53. The third kappa shape index (κ3) is 4.34. The highest BCUT2D eigenvalue weighted by Crippen LogP contribution is 2.30. The van der Waals surface area contributed by atoms with Gasteiger partial charge in [0.1, 0.15) is 11.5 Å². The van der Waals surface area contributed by atoms with Gasteiger partial charge in [-0.3, -0.25) is 14.8 Å². The van der Waals surface area contributed by atoms with Crippen molar-refractivity contribution in [3.05, 3.63) is 76.6 Å². The zero-order valence-corrected chi connectivity index (χ0v) is 16.3. The van der Waals surface area contributed by atoms with Crippen LogP contribution in [0, 0.1) is 12.7 Å². The van der Waals surface area contributed by atoms with E-state index in [1.54, 1.807) is 19.2 Å². The lowest BCUT2D eigenvalue weighted by Gasteiger charge is -2.15. The smallest absolute Gasteiger partial charge is 0.255 e. The number of halogens is 3. The van der Waals surface area contributed by atoms with Gasteiger partial charge >= 0.3 is 0 Å². The summed E-state index contributed by atoms with van der Waals surface area (Å²) in [4.78, 5) is 20.6. The average Bonchev–Trinajstić information content (AvgIpc) is 2.63.